The van der Waals surface area contributed by atoms with Crippen molar-refractivity contribution in [2.75, 3.05) is 13.2 Å². The van der Waals surface area contributed by atoms with Crippen LogP contribution >= 0.6 is 0 Å². The zero-order chi connectivity index (χ0) is 9.40. The van der Waals surface area contributed by atoms with Crippen LogP contribution in [-0.4, -0.2) is 31.5 Å². The Bertz CT molecular complexity index is 168. The number of hydrogen-bond donors (Lipinski definition) is 0. The van der Waals surface area contributed by atoms with Crippen LogP contribution in [0.4, 0.5) is 4.79 Å². The molecule has 5 heteroatoms. The zero-order valence-corrected chi connectivity index (χ0v) is 7.07. The summed E-state index contributed by atoms with van der Waals surface area (Å²) in [6.45, 7) is 3.81. The molecule has 0 aliphatic rings. The first-order valence-corrected chi connectivity index (χ1v) is 3.58. The van der Waals surface area contributed by atoms with Crippen molar-refractivity contribution in [1.29, 1.82) is 0 Å². The average molecular weight is 173 g/mol. The van der Waals surface area contributed by atoms with Gasteiger partial charge in [0, 0.05) is 0 Å². The molecule has 0 aliphatic carbocycles. The largest absolute Gasteiger partial charge is 0.462 e. The molecule has 0 saturated heterocycles. The minimum absolute atomic E-state index is 0.235. The second kappa shape index (κ2) is 6.33. The van der Waals surface area contributed by atoms with Crippen LogP contribution in [-0.2, 0) is 14.3 Å². The predicted molar refractivity (Wildman–Crippen MR) is 42.1 cm³/mol. The Labute approximate surface area is 70.4 Å². The second-order valence-electron chi connectivity index (χ2n) is 1.71. The van der Waals surface area contributed by atoms with E-state index in [2.05, 4.69) is 14.5 Å². The molecule has 5 nitrogen and oxygen atoms in total. The van der Waals surface area contributed by atoms with E-state index in [-0.39, 0.29) is 13.2 Å². The highest BCUT2D eigenvalue weighted by Gasteiger charge is 1.98. The first-order valence-electron chi connectivity index (χ1n) is 3.58. The van der Waals surface area contributed by atoms with Crippen LogP contribution in [0.15, 0.2) is 4.99 Å². The maximum Gasteiger partial charge on any atom is 0.433 e. The smallest absolute Gasteiger partial charge is 0.433 e. The van der Waals surface area contributed by atoms with Crippen molar-refractivity contribution in [3.05, 3.63) is 0 Å². The molecular weight excluding hydrogens is 162 g/mol. The van der Waals surface area contributed by atoms with Gasteiger partial charge in [-0.05, 0) is 13.8 Å². The highest BCUT2D eigenvalue weighted by Crippen LogP contribution is 1.82. The van der Waals surface area contributed by atoms with Gasteiger partial charge in [-0.25, -0.2) is 9.59 Å². The second-order valence-corrected chi connectivity index (χ2v) is 1.71. The first kappa shape index (κ1) is 10.6. The Kier molecular flexibility index (Phi) is 5.60. The molecule has 0 atom stereocenters. The third-order valence-corrected chi connectivity index (χ3v) is 0.830. The summed E-state index contributed by atoms with van der Waals surface area (Å²) >= 11 is 0. The fourth-order valence-corrected chi connectivity index (χ4v) is 0.446. The molecular formula is C7H11NO4. The van der Waals surface area contributed by atoms with Crippen molar-refractivity contribution in [3.63, 3.8) is 0 Å². The van der Waals surface area contributed by atoms with Gasteiger partial charge in [0.2, 0.25) is 0 Å². The van der Waals surface area contributed by atoms with E-state index in [0.29, 0.717) is 0 Å². The number of aliphatic imine (C=N–C) groups is 1. The molecule has 0 aromatic carbocycles. The van der Waals surface area contributed by atoms with Gasteiger partial charge in [0.05, 0.1) is 13.2 Å². The van der Waals surface area contributed by atoms with Gasteiger partial charge in [-0.3, -0.25) is 0 Å². The van der Waals surface area contributed by atoms with Gasteiger partial charge in [0.1, 0.15) is 6.21 Å². The van der Waals surface area contributed by atoms with Crippen molar-refractivity contribution in [1.82, 2.24) is 0 Å². The molecule has 1 amide bonds. The van der Waals surface area contributed by atoms with Crippen molar-refractivity contribution in [2.24, 2.45) is 4.99 Å². The monoisotopic (exact) mass is 173 g/mol. The molecule has 0 bridgehead atoms. The molecule has 0 unspecified atom stereocenters. The van der Waals surface area contributed by atoms with Crippen molar-refractivity contribution in [2.45, 2.75) is 13.8 Å². The standard InChI is InChI=1S/C7H11NO4/c1-3-11-6(9)5-8-7(10)12-4-2/h5H,3-4H2,1-2H3/b8-5-. The summed E-state index contributed by atoms with van der Waals surface area (Å²) in [5, 5.41) is 0. The number of carbonyl (C=O) groups is 2. The number of esters is 1. The number of nitrogens with zero attached hydrogens (tertiary/aromatic N) is 1. The SMILES string of the molecule is CCOC(=O)/C=N\C(=O)OCC. The van der Waals surface area contributed by atoms with Crippen molar-refractivity contribution < 1.29 is 19.1 Å². The fourth-order valence-electron chi connectivity index (χ4n) is 0.446. The average Bonchev–Trinajstić information content (AvgIpc) is 2.02. The minimum atomic E-state index is -0.787. The van der Waals surface area contributed by atoms with Crippen LogP contribution in [0.1, 0.15) is 13.8 Å². The molecule has 0 rings (SSSR count). The lowest BCUT2D eigenvalue weighted by Crippen LogP contribution is -2.07. The van der Waals surface area contributed by atoms with Gasteiger partial charge in [-0.2, -0.15) is 4.99 Å². The first-order chi connectivity index (χ1) is 5.70. The van der Waals surface area contributed by atoms with Crippen LogP contribution in [0, 0.1) is 0 Å². The van der Waals surface area contributed by atoms with Crippen LogP contribution in [0.2, 0.25) is 0 Å². The van der Waals surface area contributed by atoms with E-state index in [0.717, 1.165) is 6.21 Å². The topological polar surface area (TPSA) is 65.0 Å². The van der Waals surface area contributed by atoms with Gasteiger partial charge in [-0.1, -0.05) is 0 Å². The lowest BCUT2D eigenvalue weighted by molar-refractivity contribution is -0.134. The highest BCUT2D eigenvalue weighted by atomic mass is 16.5. The number of amides is 1. The van der Waals surface area contributed by atoms with Gasteiger partial charge in [0.15, 0.2) is 0 Å². The molecule has 0 heterocycles. The van der Waals surface area contributed by atoms with E-state index in [4.69, 9.17) is 0 Å². The normalized spacial score (nSPS) is 9.83. The molecule has 0 aromatic rings. The van der Waals surface area contributed by atoms with Crippen molar-refractivity contribution in [3.8, 4) is 0 Å². The van der Waals surface area contributed by atoms with Crippen LogP contribution in [0.25, 0.3) is 0 Å². The third kappa shape index (κ3) is 5.40. The molecule has 0 N–H and O–H groups in total. The summed E-state index contributed by atoms with van der Waals surface area (Å²) in [6, 6.07) is 0. The summed E-state index contributed by atoms with van der Waals surface area (Å²) < 4.78 is 8.90. The maximum absolute atomic E-state index is 10.6. The quantitative estimate of drug-likeness (QED) is 0.467. The van der Waals surface area contributed by atoms with E-state index in [1.54, 1.807) is 13.8 Å². The molecule has 0 saturated carbocycles. The fraction of sp³-hybridized carbons (Fsp3) is 0.571. The van der Waals surface area contributed by atoms with Crippen LogP contribution in [0.3, 0.4) is 0 Å². The number of carbonyl (C=O) groups excluding carboxylic acids is 2. The number of ether oxygens (including phenoxy) is 2. The summed E-state index contributed by atoms with van der Waals surface area (Å²) in [7, 11) is 0. The van der Waals surface area contributed by atoms with E-state index >= 15 is 0 Å². The Morgan fingerprint density at radius 1 is 1.25 bits per heavy atom. The highest BCUT2D eigenvalue weighted by molar-refractivity contribution is 6.24. The van der Waals surface area contributed by atoms with E-state index in [9.17, 15) is 9.59 Å². The van der Waals surface area contributed by atoms with Crippen molar-refractivity contribution >= 4 is 18.3 Å². The van der Waals surface area contributed by atoms with Crippen LogP contribution < -0.4 is 0 Å². The van der Waals surface area contributed by atoms with E-state index < -0.39 is 12.1 Å². The molecule has 68 valence electrons. The lowest BCUT2D eigenvalue weighted by atomic mass is 10.7. The number of hydrogen-bond acceptors (Lipinski definition) is 4. The summed E-state index contributed by atoms with van der Waals surface area (Å²) in [6.07, 6.45) is 0.00662. The van der Waals surface area contributed by atoms with Gasteiger partial charge in [0.25, 0.3) is 0 Å². The third-order valence-electron chi connectivity index (χ3n) is 0.830. The Morgan fingerprint density at radius 2 is 1.83 bits per heavy atom. The molecule has 0 aliphatic heterocycles. The summed E-state index contributed by atoms with van der Waals surface area (Å²) in [4.78, 5) is 24.3. The van der Waals surface area contributed by atoms with Gasteiger partial charge in [-0.15, -0.1) is 0 Å². The van der Waals surface area contributed by atoms with Crippen LogP contribution in [0.5, 0.6) is 0 Å². The molecule has 0 radical (unpaired) electrons. The number of rotatable bonds is 3. The molecule has 0 fully saturated rings. The predicted octanol–water partition coefficient (Wildman–Crippen LogP) is 0.777. The zero-order valence-electron chi connectivity index (χ0n) is 7.07. The maximum atomic E-state index is 10.6. The summed E-state index contributed by atoms with van der Waals surface area (Å²) in [5.41, 5.74) is 0. The van der Waals surface area contributed by atoms with Gasteiger partial charge < -0.3 is 9.47 Å². The van der Waals surface area contributed by atoms with E-state index in [1.165, 1.54) is 0 Å². The molecule has 12 heavy (non-hydrogen) atoms. The Hall–Kier alpha value is -1.39. The summed E-state index contributed by atoms with van der Waals surface area (Å²) in [5.74, 6) is -0.648. The van der Waals surface area contributed by atoms with E-state index in [1.807, 2.05) is 0 Å². The lowest BCUT2D eigenvalue weighted by Gasteiger charge is -1.94. The Morgan fingerprint density at radius 3 is 2.33 bits per heavy atom. The minimum Gasteiger partial charge on any atom is -0.462 e. The molecule has 0 spiro atoms. The Balaban J connectivity index is 3.73. The molecule has 0 aromatic heterocycles. The van der Waals surface area contributed by atoms with Gasteiger partial charge >= 0.3 is 12.1 Å².